The van der Waals surface area contributed by atoms with Crippen molar-refractivity contribution in [2.45, 2.75) is 13.1 Å². The second kappa shape index (κ2) is 8.82. The minimum Gasteiger partial charge on any atom is -0.379 e. The molecule has 3 aromatic rings. The molecule has 0 bridgehead atoms. The highest BCUT2D eigenvalue weighted by Gasteiger charge is 2.13. The number of benzene rings is 2. The lowest BCUT2D eigenvalue weighted by Crippen LogP contribution is -2.35. The number of para-hydroxylation sites is 1. The fourth-order valence-electron chi connectivity index (χ4n) is 3.39. The van der Waals surface area contributed by atoms with E-state index in [-0.39, 0.29) is 5.91 Å². The average molecular weight is 376 g/mol. The lowest BCUT2D eigenvalue weighted by molar-refractivity contribution is 0.0342. The van der Waals surface area contributed by atoms with Crippen LogP contribution in [0.3, 0.4) is 0 Å². The lowest BCUT2D eigenvalue weighted by atomic mass is 10.1. The van der Waals surface area contributed by atoms with Crippen molar-refractivity contribution < 1.29 is 9.53 Å². The Kier molecular flexibility index (Phi) is 5.80. The number of carbonyl (C=O) groups is 1. The van der Waals surface area contributed by atoms with Crippen LogP contribution in [0, 0.1) is 0 Å². The third-order valence-electron chi connectivity index (χ3n) is 4.86. The van der Waals surface area contributed by atoms with Crippen LogP contribution in [0.15, 0.2) is 67.1 Å². The zero-order valence-electron chi connectivity index (χ0n) is 15.8. The Morgan fingerprint density at radius 3 is 2.64 bits per heavy atom. The number of imidazole rings is 1. The number of nitrogens with one attached hydrogen (secondary N) is 1. The molecule has 2 aromatic carbocycles. The zero-order valence-corrected chi connectivity index (χ0v) is 15.8. The SMILES string of the molecule is O=C(NCc1cccc(CN2CCOCC2)c1)c1cncn1-c1ccccc1. The van der Waals surface area contributed by atoms with Gasteiger partial charge in [0.15, 0.2) is 0 Å². The van der Waals surface area contributed by atoms with Crippen LogP contribution in [0.4, 0.5) is 0 Å². The number of amides is 1. The summed E-state index contributed by atoms with van der Waals surface area (Å²) in [6.45, 7) is 4.91. The second-order valence-corrected chi connectivity index (χ2v) is 6.88. The van der Waals surface area contributed by atoms with Gasteiger partial charge in [0.25, 0.3) is 5.91 Å². The van der Waals surface area contributed by atoms with E-state index < -0.39 is 0 Å². The molecule has 1 aromatic heterocycles. The number of morpholine rings is 1. The molecule has 0 spiro atoms. The normalized spacial score (nSPS) is 14.7. The molecule has 6 heteroatoms. The van der Waals surface area contributed by atoms with Crippen molar-refractivity contribution in [1.29, 1.82) is 0 Å². The fourth-order valence-corrected chi connectivity index (χ4v) is 3.39. The summed E-state index contributed by atoms with van der Waals surface area (Å²) in [5.74, 6) is -0.139. The van der Waals surface area contributed by atoms with Crippen molar-refractivity contribution in [3.05, 3.63) is 83.9 Å². The third kappa shape index (κ3) is 4.47. The maximum atomic E-state index is 12.7. The van der Waals surface area contributed by atoms with Gasteiger partial charge in [0.05, 0.1) is 25.7 Å². The quantitative estimate of drug-likeness (QED) is 0.719. The zero-order chi connectivity index (χ0) is 19.2. The Morgan fingerprint density at radius 2 is 1.82 bits per heavy atom. The molecule has 1 aliphatic heterocycles. The maximum absolute atomic E-state index is 12.7. The topological polar surface area (TPSA) is 59.4 Å². The molecule has 0 radical (unpaired) electrons. The Labute approximate surface area is 164 Å². The van der Waals surface area contributed by atoms with Crippen LogP contribution in [0.25, 0.3) is 5.69 Å². The van der Waals surface area contributed by atoms with Crippen LogP contribution in [-0.2, 0) is 17.8 Å². The lowest BCUT2D eigenvalue weighted by Gasteiger charge is -2.26. The second-order valence-electron chi connectivity index (χ2n) is 6.88. The highest BCUT2D eigenvalue weighted by Crippen LogP contribution is 2.12. The summed E-state index contributed by atoms with van der Waals surface area (Å²) in [7, 11) is 0. The van der Waals surface area contributed by atoms with E-state index in [1.807, 2.05) is 42.5 Å². The molecule has 0 atom stereocenters. The smallest absolute Gasteiger partial charge is 0.270 e. The largest absolute Gasteiger partial charge is 0.379 e. The van der Waals surface area contributed by atoms with Gasteiger partial charge in [-0.25, -0.2) is 4.98 Å². The van der Waals surface area contributed by atoms with E-state index in [1.54, 1.807) is 17.1 Å². The summed E-state index contributed by atoms with van der Waals surface area (Å²) in [4.78, 5) is 19.2. The maximum Gasteiger partial charge on any atom is 0.270 e. The summed E-state index contributed by atoms with van der Waals surface area (Å²) in [6.07, 6.45) is 3.25. The molecular formula is C22H24N4O2. The molecule has 1 fully saturated rings. The highest BCUT2D eigenvalue weighted by atomic mass is 16.5. The Morgan fingerprint density at radius 1 is 1.04 bits per heavy atom. The third-order valence-corrected chi connectivity index (χ3v) is 4.86. The molecule has 1 amide bonds. The van der Waals surface area contributed by atoms with Gasteiger partial charge in [0, 0.05) is 31.9 Å². The van der Waals surface area contributed by atoms with Gasteiger partial charge in [-0.2, -0.15) is 0 Å². The van der Waals surface area contributed by atoms with E-state index in [9.17, 15) is 4.79 Å². The first-order valence-corrected chi connectivity index (χ1v) is 9.53. The van der Waals surface area contributed by atoms with Crippen molar-refractivity contribution in [3.63, 3.8) is 0 Å². The first-order valence-electron chi connectivity index (χ1n) is 9.53. The molecule has 0 saturated carbocycles. The molecule has 1 aliphatic rings. The van der Waals surface area contributed by atoms with Gasteiger partial charge in [-0.3, -0.25) is 14.3 Å². The fraction of sp³-hybridized carbons (Fsp3) is 0.273. The van der Waals surface area contributed by atoms with E-state index in [0.29, 0.717) is 12.2 Å². The Bertz CT molecular complexity index is 917. The van der Waals surface area contributed by atoms with Crippen LogP contribution in [0.1, 0.15) is 21.6 Å². The van der Waals surface area contributed by atoms with Gasteiger partial charge in [-0.05, 0) is 23.3 Å². The van der Waals surface area contributed by atoms with Crippen molar-refractivity contribution in [2.24, 2.45) is 0 Å². The highest BCUT2D eigenvalue weighted by molar-refractivity contribution is 5.92. The summed E-state index contributed by atoms with van der Waals surface area (Å²) in [5, 5.41) is 3.01. The van der Waals surface area contributed by atoms with E-state index >= 15 is 0 Å². The Balaban J connectivity index is 1.39. The van der Waals surface area contributed by atoms with Gasteiger partial charge in [-0.1, -0.05) is 42.5 Å². The molecule has 1 saturated heterocycles. The van der Waals surface area contributed by atoms with Gasteiger partial charge < -0.3 is 10.1 Å². The predicted octanol–water partition coefficient (Wildman–Crippen LogP) is 2.63. The van der Waals surface area contributed by atoms with Crippen molar-refractivity contribution in [1.82, 2.24) is 19.8 Å². The van der Waals surface area contributed by atoms with Gasteiger partial charge >= 0.3 is 0 Å². The van der Waals surface area contributed by atoms with Crippen molar-refractivity contribution in [3.8, 4) is 5.69 Å². The number of hydrogen-bond donors (Lipinski definition) is 1. The van der Waals surface area contributed by atoms with Crippen LogP contribution < -0.4 is 5.32 Å². The number of nitrogens with zero attached hydrogens (tertiary/aromatic N) is 3. The van der Waals surface area contributed by atoms with E-state index in [0.717, 1.165) is 44.1 Å². The first-order chi connectivity index (χ1) is 13.8. The molecule has 28 heavy (non-hydrogen) atoms. The number of carbonyl (C=O) groups excluding carboxylic acids is 1. The molecule has 2 heterocycles. The number of hydrogen-bond acceptors (Lipinski definition) is 4. The van der Waals surface area contributed by atoms with Gasteiger partial charge in [-0.15, -0.1) is 0 Å². The molecule has 144 valence electrons. The monoisotopic (exact) mass is 376 g/mol. The minimum absolute atomic E-state index is 0.139. The molecule has 4 rings (SSSR count). The standard InChI is InChI=1S/C22H24N4O2/c27-22(21-15-23-17-26(21)20-7-2-1-3-8-20)24-14-18-5-4-6-19(13-18)16-25-9-11-28-12-10-25/h1-8,13,15,17H,9-12,14,16H2,(H,24,27). The number of rotatable bonds is 6. The van der Waals surface area contributed by atoms with Crippen LogP contribution in [0.2, 0.25) is 0 Å². The molecule has 1 N–H and O–H groups in total. The molecule has 6 nitrogen and oxygen atoms in total. The van der Waals surface area contributed by atoms with E-state index in [4.69, 9.17) is 4.74 Å². The Hall–Kier alpha value is -2.96. The summed E-state index contributed by atoms with van der Waals surface area (Å²) in [6, 6.07) is 18.1. The van der Waals surface area contributed by atoms with E-state index in [1.165, 1.54) is 5.56 Å². The number of aromatic nitrogens is 2. The summed E-state index contributed by atoms with van der Waals surface area (Å²) < 4.78 is 7.20. The predicted molar refractivity (Wildman–Crippen MR) is 107 cm³/mol. The van der Waals surface area contributed by atoms with Crippen molar-refractivity contribution >= 4 is 5.91 Å². The molecule has 0 aliphatic carbocycles. The molecule has 0 unspecified atom stereocenters. The van der Waals surface area contributed by atoms with E-state index in [2.05, 4.69) is 27.3 Å². The minimum atomic E-state index is -0.139. The summed E-state index contributed by atoms with van der Waals surface area (Å²) in [5.41, 5.74) is 3.78. The summed E-state index contributed by atoms with van der Waals surface area (Å²) >= 11 is 0. The van der Waals surface area contributed by atoms with Gasteiger partial charge in [0.1, 0.15) is 5.69 Å². The van der Waals surface area contributed by atoms with Gasteiger partial charge in [0.2, 0.25) is 0 Å². The van der Waals surface area contributed by atoms with Crippen LogP contribution in [0.5, 0.6) is 0 Å². The first kappa shape index (κ1) is 18.4. The van der Waals surface area contributed by atoms with Crippen LogP contribution >= 0.6 is 0 Å². The molecular weight excluding hydrogens is 352 g/mol. The number of ether oxygens (including phenoxy) is 1. The van der Waals surface area contributed by atoms with Crippen molar-refractivity contribution in [2.75, 3.05) is 26.3 Å². The average Bonchev–Trinajstić information content (AvgIpc) is 3.24. The van der Waals surface area contributed by atoms with Crippen LogP contribution in [-0.4, -0.2) is 46.7 Å².